The average molecular weight is 505 g/mol. The lowest BCUT2D eigenvalue weighted by Gasteiger charge is -2.51. The number of carboxylic acid groups (broad SMARTS) is 1. The number of benzene rings is 1. The van der Waals surface area contributed by atoms with Crippen molar-refractivity contribution < 1.29 is 33.8 Å². The van der Waals surface area contributed by atoms with Crippen molar-refractivity contribution in [3.05, 3.63) is 52.2 Å². The maximum atomic E-state index is 13.5. The van der Waals surface area contributed by atoms with E-state index in [-0.39, 0.29) is 0 Å². The van der Waals surface area contributed by atoms with Crippen LogP contribution in [0.1, 0.15) is 30.9 Å². The van der Waals surface area contributed by atoms with E-state index in [1.165, 1.54) is 35.1 Å². The number of nitrogens with zero attached hydrogens (tertiary/aromatic N) is 1. The molecule has 3 heterocycles. The number of methoxy groups -OCH3 is 1. The number of aryl methyl sites for hydroxylation is 1. The lowest BCUT2D eigenvalue weighted by molar-refractivity contribution is -0.201. The second kappa shape index (κ2) is 8.71. The first kappa shape index (κ1) is 24.2. The molecule has 1 aromatic carbocycles. The fourth-order valence-corrected chi connectivity index (χ4v) is 6.67. The van der Waals surface area contributed by atoms with E-state index in [4.69, 9.17) is 9.47 Å². The number of para-hydroxylation sites is 1. The van der Waals surface area contributed by atoms with E-state index in [9.17, 15) is 24.3 Å². The van der Waals surface area contributed by atoms with Crippen molar-refractivity contribution in [1.82, 2.24) is 10.2 Å². The summed E-state index contributed by atoms with van der Waals surface area (Å²) >= 11 is 2.54. The Kier molecular flexibility index (Phi) is 6.21. The Morgan fingerprint density at radius 2 is 1.91 bits per heavy atom. The number of amides is 2. The normalized spacial score (nSPS) is 25.8. The van der Waals surface area contributed by atoms with Crippen LogP contribution in [0.25, 0.3) is 0 Å². The number of carboxylic acids is 1. The zero-order valence-corrected chi connectivity index (χ0v) is 20.6. The minimum atomic E-state index is -1.79. The third-order valence-corrected chi connectivity index (χ3v) is 8.36. The second-order valence-corrected chi connectivity index (χ2v) is 11.1. The highest BCUT2D eigenvalue weighted by molar-refractivity contribution is 8.01. The van der Waals surface area contributed by atoms with E-state index in [0.717, 1.165) is 5.56 Å². The number of thioether (sulfide) groups is 1. The molecule has 0 unspecified atom stereocenters. The highest BCUT2D eigenvalue weighted by atomic mass is 32.2. The molecular weight excluding hydrogens is 480 g/mol. The van der Waals surface area contributed by atoms with Crippen LogP contribution in [0.4, 0.5) is 0 Å². The van der Waals surface area contributed by atoms with Crippen molar-refractivity contribution in [2.45, 2.75) is 48.6 Å². The van der Waals surface area contributed by atoms with Crippen LogP contribution in [0.5, 0.6) is 5.75 Å². The summed E-state index contributed by atoms with van der Waals surface area (Å²) in [5, 5.41) is 14.9. The van der Waals surface area contributed by atoms with Crippen molar-refractivity contribution in [3.8, 4) is 5.75 Å². The predicted molar refractivity (Wildman–Crippen MR) is 125 cm³/mol. The van der Waals surface area contributed by atoms with E-state index >= 15 is 0 Å². The van der Waals surface area contributed by atoms with Crippen LogP contribution in [0.3, 0.4) is 0 Å². The smallest absolute Gasteiger partial charge is 0.328 e. The van der Waals surface area contributed by atoms with Crippen LogP contribution in [0.2, 0.25) is 0 Å². The largest absolute Gasteiger partial charge is 0.480 e. The third-order valence-electron chi connectivity index (χ3n) is 6.05. The average Bonchev–Trinajstić information content (AvgIpc) is 3.38. The van der Waals surface area contributed by atoms with Gasteiger partial charge in [0.15, 0.2) is 5.92 Å². The molecule has 180 valence electrons. The molecule has 4 atom stereocenters. The standard InChI is InChI=1S/C23H24N2O7S2/c1-12-7-5-6-8-14(12)32-19(29)15(13-9-10-33-11-13)17(26)24-23(31-4)20(30)25-16(18(27)28)22(2,3)34-21(23)25/h5-11,15-16,21H,1-4H3,(H,24,26)(H,27,28)/t15-,16+,21-,23+/m1/s1. The van der Waals surface area contributed by atoms with Gasteiger partial charge in [0, 0.05) is 11.9 Å². The molecule has 2 amide bonds. The fraction of sp³-hybridized carbons (Fsp3) is 0.391. The van der Waals surface area contributed by atoms with Crippen molar-refractivity contribution in [1.29, 1.82) is 0 Å². The topological polar surface area (TPSA) is 122 Å². The minimum Gasteiger partial charge on any atom is -0.480 e. The summed E-state index contributed by atoms with van der Waals surface area (Å²) < 4.78 is 10.2. The third kappa shape index (κ3) is 3.77. The number of nitrogens with one attached hydrogen (secondary N) is 1. The number of carbonyl (C=O) groups excluding carboxylic acids is 3. The van der Waals surface area contributed by atoms with Gasteiger partial charge in [0.25, 0.3) is 11.6 Å². The number of hydrogen-bond donors (Lipinski definition) is 2. The summed E-state index contributed by atoms with van der Waals surface area (Å²) in [5.41, 5.74) is -0.651. The number of ether oxygens (including phenoxy) is 2. The Hall–Kier alpha value is -2.89. The van der Waals surface area contributed by atoms with Crippen LogP contribution < -0.4 is 10.1 Å². The molecule has 9 nitrogen and oxygen atoms in total. The predicted octanol–water partition coefficient (Wildman–Crippen LogP) is 2.35. The number of aliphatic carboxylic acids is 1. The van der Waals surface area contributed by atoms with Gasteiger partial charge in [0.1, 0.15) is 17.2 Å². The molecule has 2 fully saturated rings. The number of fused-ring (bicyclic) bond motifs is 1. The van der Waals surface area contributed by atoms with Crippen LogP contribution in [-0.2, 0) is 23.9 Å². The van der Waals surface area contributed by atoms with E-state index in [0.29, 0.717) is 11.3 Å². The molecule has 34 heavy (non-hydrogen) atoms. The Morgan fingerprint density at radius 1 is 1.21 bits per heavy atom. The van der Waals surface area contributed by atoms with Crippen LogP contribution in [0.15, 0.2) is 41.1 Å². The van der Waals surface area contributed by atoms with E-state index in [2.05, 4.69) is 5.32 Å². The van der Waals surface area contributed by atoms with Crippen molar-refractivity contribution in [2.24, 2.45) is 0 Å². The molecule has 0 radical (unpaired) electrons. The zero-order valence-electron chi connectivity index (χ0n) is 18.9. The monoisotopic (exact) mass is 504 g/mol. The van der Waals surface area contributed by atoms with Gasteiger partial charge in [-0.05, 0) is 54.8 Å². The van der Waals surface area contributed by atoms with Crippen LogP contribution >= 0.6 is 23.1 Å². The van der Waals surface area contributed by atoms with Gasteiger partial charge in [-0.2, -0.15) is 11.3 Å². The highest BCUT2D eigenvalue weighted by Gasteiger charge is 2.73. The maximum Gasteiger partial charge on any atom is 0.328 e. The first-order valence-corrected chi connectivity index (χ1v) is 12.3. The molecule has 1 aromatic heterocycles. The van der Waals surface area contributed by atoms with Gasteiger partial charge >= 0.3 is 11.9 Å². The molecule has 11 heteroatoms. The van der Waals surface area contributed by atoms with Crippen molar-refractivity contribution >= 4 is 46.9 Å². The lowest BCUT2D eigenvalue weighted by atomic mass is 9.92. The lowest BCUT2D eigenvalue weighted by Crippen LogP contribution is -2.80. The molecule has 0 saturated carbocycles. The highest BCUT2D eigenvalue weighted by Crippen LogP contribution is 2.55. The van der Waals surface area contributed by atoms with Gasteiger partial charge in [0.2, 0.25) is 5.91 Å². The summed E-state index contributed by atoms with van der Waals surface area (Å²) in [4.78, 5) is 52.8. The molecule has 2 aliphatic rings. The molecule has 2 aromatic rings. The molecule has 2 N–H and O–H groups in total. The van der Waals surface area contributed by atoms with E-state index in [1.54, 1.807) is 61.9 Å². The van der Waals surface area contributed by atoms with Crippen molar-refractivity contribution in [3.63, 3.8) is 0 Å². The molecule has 0 aliphatic carbocycles. The summed E-state index contributed by atoms with van der Waals surface area (Å²) in [5.74, 6) is -4.41. The van der Waals surface area contributed by atoms with Crippen LogP contribution in [-0.4, -0.2) is 62.8 Å². The number of rotatable bonds is 7. The maximum absolute atomic E-state index is 13.5. The molecule has 0 bridgehead atoms. The number of β-lactam (4-membered cyclic amide) rings is 1. The number of thiophene rings is 1. The van der Waals surface area contributed by atoms with Gasteiger partial charge in [0.05, 0.1) is 0 Å². The first-order valence-electron chi connectivity index (χ1n) is 10.4. The molecule has 2 saturated heterocycles. The molecule has 4 rings (SSSR count). The fourth-order valence-electron chi connectivity index (χ4n) is 4.31. The zero-order chi connectivity index (χ0) is 24.8. The van der Waals surface area contributed by atoms with Gasteiger partial charge in [-0.25, -0.2) is 4.79 Å². The van der Waals surface area contributed by atoms with Gasteiger partial charge in [-0.3, -0.25) is 14.4 Å². The Morgan fingerprint density at radius 3 is 2.50 bits per heavy atom. The molecular formula is C23H24N2O7S2. The SMILES string of the molecule is CO[C@@]1(NC(=O)[C@H](C(=O)Oc2ccccc2C)c2ccsc2)C(=O)N2[C@@H](C(=O)O)C(C)(C)S[C@@H]21. The van der Waals surface area contributed by atoms with Gasteiger partial charge in [-0.15, -0.1) is 11.8 Å². The molecule has 2 aliphatic heterocycles. The number of esters is 1. The van der Waals surface area contributed by atoms with Crippen molar-refractivity contribution in [2.75, 3.05) is 7.11 Å². The summed E-state index contributed by atoms with van der Waals surface area (Å²) in [6.07, 6.45) is 0. The minimum absolute atomic E-state index is 0.324. The number of hydrogen-bond acceptors (Lipinski definition) is 8. The second-order valence-electron chi connectivity index (χ2n) is 8.63. The van der Waals surface area contributed by atoms with Gasteiger partial charge < -0.3 is 24.8 Å². The van der Waals surface area contributed by atoms with E-state index < -0.39 is 51.6 Å². The van der Waals surface area contributed by atoms with Gasteiger partial charge in [-0.1, -0.05) is 18.2 Å². The van der Waals surface area contributed by atoms with Crippen LogP contribution in [0, 0.1) is 6.92 Å². The Balaban J connectivity index is 1.62. The van der Waals surface area contributed by atoms with E-state index in [1.807, 2.05) is 0 Å². The molecule has 0 spiro atoms. The summed E-state index contributed by atoms with van der Waals surface area (Å²) in [6, 6.07) is 7.49. The summed E-state index contributed by atoms with van der Waals surface area (Å²) in [6.45, 7) is 5.22. The first-order chi connectivity index (χ1) is 16.0. The Bertz CT molecular complexity index is 1150. The quantitative estimate of drug-likeness (QED) is 0.194. The number of carbonyl (C=O) groups is 4. The Labute approximate surface area is 204 Å². The summed E-state index contributed by atoms with van der Waals surface area (Å²) in [7, 11) is 1.27.